The number of aromatic nitrogens is 2. The lowest BCUT2D eigenvalue weighted by Gasteiger charge is -2.34. The summed E-state index contributed by atoms with van der Waals surface area (Å²) in [5.41, 5.74) is 0.185. The van der Waals surface area contributed by atoms with Crippen molar-refractivity contribution in [1.82, 2.24) is 9.55 Å². The maximum absolute atomic E-state index is 12.6. The summed E-state index contributed by atoms with van der Waals surface area (Å²) >= 11 is 0. The summed E-state index contributed by atoms with van der Waals surface area (Å²) in [4.78, 5) is 27.8. The second-order valence-electron chi connectivity index (χ2n) is 5.99. The van der Waals surface area contributed by atoms with Crippen molar-refractivity contribution in [1.29, 1.82) is 0 Å². The van der Waals surface area contributed by atoms with Gasteiger partial charge in [-0.2, -0.15) is 0 Å². The van der Waals surface area contributed by atoms with Gasteiger partial charge in [0.15, 0.2) is 0 Å². The van der Waals surface area contributed by atoms with E-state index >= 15 is 0 Å². The summed E-state index contributed by atoms with van der Waals surface area (Å²) in [6.07, 6.45) is 3.17. The minimum Gasteiger partial charge on any atom is -0.307 e. The highest BCUT2D eigenvalue weighted by atomic mass is 16.2. The Balaban J connectivity index is 2.21. The highest BCUT2D eigenvalue weighted by Crippen LogP contribution is 2.36. The van der Waals surface area contributed by atoms with Gasteiger partial charge >= 0.3 is 5.69 Å². The Bertz CT molecular complexity index is 744. The van der Waals surface area contributed by atoms with Gasteiger partial charge in [-0.3, -0.25) is 9.36 Å². The molecule has 0 amide bonds. The van der Waals surface area contributed by atoms with Gasteiger partial charge in [0.1, 0.15) is 0 Å². The van der Waals surface area contributed by atoms with Crippen LogP contribution in [0.2, 0.25) is 0 Å². The van der Waals surface area contributed by atoms with Gasteiger partial charge in [-0.15, -0.1) is 0 Å². The number of fused-ring (bicyclic) bond motifs is 1. The van der Waals surface area contributed by atoms with Crippen LogP contribution in [0.4, 0.5) is 0 Å². The molecule has 4 heteroatoms. The fourth-order valence-electron chi connectivity index (χ4n) is 3.40. The normalized spacial score (nSPS) is 26.8. The lowest BCUT2D eigenvalue weighted by molar-refractivity contribution is 0.179. The van der Waals surface area contributed by atoms with Crippen LogP contribution in [0, 0.1) is 11.8 Å². The van der Waals surface area contributed by atoms with Crippen LogP contribution in [-0.2, 0) is 0 Å². The predicted molar refractivity (Wildman–Crippen MR) is 80.0 cm³/mol. The average Bonchev–Trinajstić information content (AvgIpc) is 2.43. The first-order chi connectivity index (χ1) is 9.59. The third-order valence-electron chi connectivity index (χ3n) is 4.83. The zero-order valence-corrected chi connectivity index (χ0v) is 11.9. The molecule has 1 saturated carbocycles. The molecule has 0 aliphatic heterocycles. The van der Waals surface area contributed by atoms with E-state index in [0.717, 1.165) is 12.8 Å². The van der Waals surface area contributed by atoms with Crippen LogP contribution >= 0.6 is 0 Å². The Morgan fingerprint density at radius 1 is 1.15 bits per heavy atom. The SMILES string of the molecule is C[C@@H]1[C@H](C)CCC[C@H]1n1c(=O)[nH]c2ccccc2c1=O. The molecule has 1 aromatic heterocycles. The Hall–Kier alpha value is -1.84. The largest absolute Gasteiger partial charge is 0.329 e. The number of hydrogen-bond acceptors (Lipinski definition) is 2. The van der Waals surface area contributed by atoms with Gasteiger partial charge in [-0.25, -0.2) is 4.79 Å². The van der Waals surface area contributed by atoms with Crippen LogP contribution < -0.4 is 11.2 Å². The summed E-state index contributed by atoms with van der Waals surface area (Å²) < 4.78 is 1.45. The van der Waals surface area contributed by atoms with Crippen LogP contribution in [0.5, 0.6) is 0 Å². The Morgan fingerprint density at radius 3 is 2.70 bits per heavy atom. The molecule has 0 bridgehead atoms. The first kappa shape index (κ1) is 13.2. The average molecular weight is 272 g/mol. The number of rotatable bonds is 1. The van der Waals surface area contributed by atoms with E-state index in [2.05, 4.69) is 18.8 Å². The summed E-state index contributed by atoms with van der Waals surface area (Å²) in [6.45, 7) is 4.35. The Labute approximate surface area is 117 Å². The molecule has 3 rings (SSSR count). The van der Waals surface area contributed by atoms with Gasteiger partial charge in [-0.1, -0.05) is 38.8 Å². The van der Waals surface area contributed by atoms with Crippen molar-refractivity contribution < 1.29 is 0 Å². The molecule has 0 radical (unpaired) electrons. The standard InChI is InChI=1S/C16H20N2O2/c1-10-6-5-9-14(11(10)2)18-15(19)12-7-3-4-8-13(12)17-16(18)20/h3-4,7-8,10-11,14H,5-6,9H2,1-2H3,(H,17,20)/t10-,11-,14-/m1/s1. The monoisotopic (exact) mass is 272 g/mol. The lowest BCUT2D eigenvalue weighted by Crippen LogP contribution is -2.42. The quantitative estimate of drug-likeness (QED) is 0.867. The maximum Gasteiger partial charge on any atom is 0.329 e. The number of benzene rings is 1. The molecular formula is C16H20N2O2. The van der Waals surface area contributed by atoms with Gasteiger partial charge in [0.05, 0.1) is 10.9 Å². The van der Waals surface area contributed by atoms with E-state index in [4.69, 9.17) is 0 Å². The molecule has 106 valence electrons. The molecular weight excluding hydrogens is 252 g/mol. The number of hydrogen-bond donors (Lipinski definition) is 1. The van der Waals surface area contributed by atoms with Crippen LogP contribution in [0.15, 0.2) is 33.9 Å². The summed E-state index contributed by atoms with van der Waals surface area (Å²) in [6, 6.07) is 7.22. The molecule has 1 heterocycles. The third-order valence-corrected chi connectivity index (χ3v) is 4.83. The van der Waals surface area contributed by atoms with Gasteiger partial charge < -0.3 is 4.98 Å². The fraction of sp³-hybridized carbons (Fsp3) is 0.500. The zero-order chi connectivity index (χ0) is 14.3. The molecule has 1 fully saturated rings. The van der Waals surface area contributed by atoms with E-state index < -0.39 is 0 Å². The first-order valence-corrected chi connectivity index (χ1v) is 7.33. The second-order valence-corrected chi connectivity index (χ2v) is 5.99. The predicted octanol–water partition coefficient (Wildman–Crippen LogP) is 2.69. The fourth-order valence-corrected chi connectivity index (χ4v) is 3.40. The molecule has 0 saturated heterocycles. The van der Waals surface area contributed by atoms with E-state index in [-0.39, 0.29) is 17.3 Å². The molecule has 1 aliphatic rings. The van der Waals surface area contributed by atoms with Gasteiger partial charge in [0.2, 0.25) is 0 Å². The van der Waals surface area contributed by atoms with E-state index in [9.17, 15) is 9.59 Å². The molecule has 20 heavy (non-hydrogen) atoms. The zero-order valence-electron chi connectivity index (χ0n) is 11.9. The van der Waals surface area contributed by atoms with Crippen molar-refractivity contribution in [2.45, 2.75) is 39.2 Å². The van der Waals surface area contributed by atoms with Gasteiger partial charge in [0, 0.05) is 6.04 Å². The van der Waals surface area contributed by atoms with Crippen LogP contribution in [0.25, 0.3) is 10.9 Å². The number of para-hydroxylation sites is 1. The van der Waals surface area contributed by atoms with Crippen LogP contribution in [-0.4, -0.2) is 9.55 Å². The smallest absolute Gasteiger partial charge is 0.307 e. The van der Waals surface area contributed by atoms with Gasteiger partial charge in [0.25, 0.3) is 5.56 Å². The Kier molecular flexibility index (Phi) is 3.24. The van der Waals surface area contributed by atoms with Crippen molar-refractivity contribution >= 4 is 10.9 Å². The van der Waals surface area contributed by atoms with Crippen molar-refractivity contribution in [3.8, 4) is 0 Å². The highest BCUT2D eigenvalue weighted by molar-refractivity contribution is 5.76. The number of H-pyrrole nitrogens is 1. The Morgan fingerprint density at radius 2 is 1.90 bits per heavy atom. The molecule has 3 atom stereocenters. The molecule has 0 spiro atoms. The minimum absolute atomic E-state index is 0.0135. The molecule has 4 nitrogen and oxygen atoms in total. The highest BCUT2D eigenvalue weighted by Gasteiger charge is 2.30. The minimum atomic E-state index is -0.278. The van der Waals surface area contributed by atoms with E-state index in [1.165, 1.54) is 11.0 Å². The van der Waals surface area contributed by atoms with Crippen LogP contribution in [0.3, 0.4) is 0 Å². The van der Waals surface area contributed by atoms with E-state index in [1.54, 1.807) is 12.1 Å². The van der Waals surface area contributed by atoms with Crippen molar-refractivity contribution in [2.75, 3.05) is 0 Å². The molecule has 1 aromatic carbocycles. The molecule has 1 aliphatic carbocycles. The first-order valence-electron chi connectivity index (χ1n) is 7.33. The second kappa shape index (κ2) is 4.93. The molecule has 1 N–H and O–H groups in total. The third kappa shape index (κ3) is 1.99. The van der Waals surface area contributed by atoms with Gasteiger partial charge in [-0.05, 0) is 30.4 Å². The summed E-state index contributed by atoms with van der Waals surface area (Å²) in [5, 5.41) is 0.595. The number of nitrogens with zero attached hydrogens (tertiary/aromatic N) is 1. The van der Waals surface area contributed by atoms with Crippen LogP contribution in [0.1, 0.15) is 39.2 Å². The van der Waals surface area contributed by atoms with E-state index in [1.807, 2.05) is 12.1 Å². The molecule has 2 aromatic rings. The van der Waals surface area contributed by atoms with Crippen molar-refractivity contribution in [3.05, 3.63) is 45.1 Å². The summed E-state index contributed by atoms with van der Waals surface area (Å²) in [5.74, 6) is 0.898. The lowest BCUT2D eigenvalue weighted by atomic mass is 9.78. The number of nitrogens with one attached hydrogen (secondary N) is 1. The molecule has 0 unspecified atom stereocenters. The number of aromatic amines is 1. The van der Waals surface area contributed by atoms with E-state index in [0.29, 0.717) is 22.7 Å². The summed E-state index contributed by atoms with van der Waals surface area (Å²) in [7, 11) is 0. The maximum atomic E-state index is 12.6. The van der Waals surface area contributed by atoms with Crippen molar-refractivity contribution in [2.24, 2.45) is 11.8 Å². The topological polar surface area (TPSA) is 54.9 Å². The van der Waals surface area contributed by atoms with Crippen molar-refractivity contribution in [3.63, 3.8) is 0 Å².